The number of alkyl halides is 3. The number of carbonyl (C=O) groups is 1. The van der Waals surface area contributed by atoms with Gasteiger partial charge in [-0.15, -0.1) is 0 Å². The molecule has 220 valence electrons. The Hall–Kier alpha value is -2.50. The summed E-state index contributed by atoms with van der Waals surface area (Å²) in [6, 6.07) is 7.20. The van der Waals surface area contributed by atoms with Crippen LogP contribution in [0.15, 0.2) is 41.4 Å². The Morgan fingerprint density at radius 1 is 1.15 bits per heavy atom. The minimum Gasteiger partial charge on any atom is -0.394 e. The number of benzene rings is 1. The summed E-state index contributed by atoms with van der Waals surface area (Å²) in [5, 5.41) is 12.7. The van der Waals surface area contributed by atoms with Crippen LogP contribution >= 0.6 is 0 Å². The minimum absolute atomic E-state index is 0.0217. The number of aliphatic hydroxyl groups excluding tert-OH is 1. The van der Waals surface area contributed by atoms with Gasteiger partial charge in [0.1, 0.15) is 0 Å². The SMILES string of the molecule is CCS(=O)(=O)c1ccc([C@@H](CO)NC(=O)c2cnc3c(c2)CN(C[C@H]2CC[C@H](C(F)(F)F)CC2)[C@H]3C(C)C)cc1. The van der Waals surface area contributed by atoms with Crippen molar-refractivity contribution in [1.29, 1.82) is 0 Å². The number of hydrogen-bond donors (Lipinski definition) is 2. The number of pyridine rings is 1. The molecule has 1 aliphatic carbocycles. The number of nitrogens with one attached hydrogen (secondary N) is 1. The van der Waals surface area contributed by atoms with Crippen LogP contribution in [0.5, 0.6) is 0 Å². The largest absolute Gasteiger partial charge is 0.394 e. The fourth-order valence-electron chi connectivity index (χ4n) is 6.00. The maximum Gasteiger partial charge on any atom is 0.391 e. The van der Waals surface area contributed by atoms with E-state index < -0.39 is 33.9 Å². The van der Waals surface area contributed by atoms with Gasteiger partial charge in [-0.25, -0.2) is 8.42 Å². The summed E-state index contributed by atoms with van der Waals surface area (Å²) in [4.78, 5) is 20.2. The Morgan fingerprint density at radius 2 is 1.80 bits per heavy atom. The van der Waals surface area contributed by atoms with Gasteiger partial charge in [0.2, 0.25) is 0 Å². The van der Waals surface area contributed by atoms with Crippen molar-refractivity contribution in [2.24, 2.45) is 17.8 Å². The predicted molar refractivity (Wildman–Crippen MR) is 145 cm³/mol. The molecule has 7 nitrogen and oxygen atoms in total. The van der Waals surface area contributed by atoms with Crippen LogP contribution < -0.4 is 5.32 Å². The molecular weight excluding hydrogens is 543 g/mol. The number of nitrogens with zero attached hydrogens (tertiary/aromatic N) is 2. The zero-order chi connectivity index (χ0) is 29.2. The van der Waals surface area contributed by atoms with Crippen LogP contribution in [0.1, 0.15) is 85.7 Å². The van der Waals surface area contributed by atoms with E-state index in [9.17, 15) is 31.5 Å². The quantitative estimate of drug-likeness (QED) is 0.421. The number of aliphatic hydroxyl groups is 1. The van der Waals surface area contributed by atoms with Gasteiger partial charge in [0.05, 0.1) is 46.5 Å². The highest BCUT2D eigenvalue weighted by Gasteiger charge is 2.42. The molecule has 11 heteroatoms. The van der Waals surface area contributed by atoms with E-state index in [1.54, 1.807) is 25.1 Å². The highest BCUT2D eigenvalue weighted by Crippen LogP contribution is 2.43. The van der Waals surface area contributed by atoms with Crippen LogP contribution in [-0.4, -0.2) is 54.4 Å². The van der Waals surface area contributed by atoms with Gasteiger partial charge >= 0.3 is 6.18 Å². The van der Waals surface area contributed by atoms with Crippen LogP contribution in [0.25, 0.3) is 0 Å². The third-order valence-corrected chi connectivity index (χ3v) is 10.0. The third kappa shape index (κ3) is 6.69. The average molecular weight is 582 g/mol. The lowest BCUT2D eigenvalue weighted by Crippen LogP contribution is -2.35. The van der Waals surface area contributed by atoms with E-state index in [1.807, 2.05) is 0 Å². The van der Waals surface area contributed by atoms with Crippen molar-refractivity contribution < 1.29 is 31.5 Å². The van der Waals surface area contributed by atoms with E-state index in [0.717, 1.165) is 11.3 Å². The van der Waals surface area contributed by atoms with Crippen LogP contribution in [0, 0.1) is 17.8 Å². The molecule has 2 heterocycles. The molecular formula is C29H38F3N3O4S. The van der Waals surface area contributed by atoms with Crippen molar-refractivity contribution in [3.63, 3.8) is 0 Å². The number of sulfone groups is 1. The molecule has 2 atom stereocenters. The van der Waals surface area contributed by atoms with Crippen LogP contribution in [-0.2, 0) is 16.4 Å². The number of amides is 1. The van der Waals surface area contributed by atoms with Gasteiger partial charge in [-0.2, -0.15) is 13.2 Å². The van der Waals surface area contributed by atoms with E-state index in [-0.39, 0.29) is 48.0 Å². The predicted octanol–water partition coefficient (Wildman–Crippen LogP) is 5.22. The molecule has 2 aliphatic rings. The number of aromatic nitrogens is 1. The summed E-state index contributed by atoms with van der Waals surface area (Å²) in [5.74, 6) is -1.21. The van der Waals surface area contributed by atoms with Gasteiger partial charge < -0.3 is 10.4 Å². The summed E-state index contributed by atoms with van der Waals surface area (Å²) in [5.41, 5.74) is 2.73. The van der Waals surface area contributed by atoms with Crippen molar-refractivity contribution in [2.75, 3.05) is 18.9 Å². The van der Waals surface area contributed by atoms with Gasteiger partial charge in [-0.3, -0.25) is 14.7 Å². The summed E-state index contributed by atoms with van der Waals surface area (Å²) in [7, 11) is -3.36. The standard InChI is InChI=1S/C29H38F3N3O4S/c1-4-40(38,39)24-11-7-20(8-12-24)25(17-36)34-28(37)21-13-22-16-35(27(18(2)3)26(22)33-14-21)15-19-5-9-23(10-6-19)29(30,31)32/h7-8,11-14,18-19,23,25,27,36H,4-6,9-10,15-17H2,1-3H3,(H,34,37)/t19-,23-,25-,27+/m1/s1. The first-order chi connectivity index (χ1) is 18.8. The molecule has 1 aromatic heterocycles. The monoisotopic (exact) mass is 581 g/mol. The topological polar surface area (TPSA) is 99.6 Å². The summed E-state index contributed by atoms with van der Waals surface area (Å²) >= 11 is 0. The number of carbonyl (C=O) groups excluding carboxylic acids is 1. The number of rotatable bonds is 9. The molecule has 1 saturated carbocycles. The second kappa shape index (κ2) is 12.2. The second-order valence-corrected chi connectivity index (χ2v) is 13.6. The molecule has 40 heavy (non-hydrogen) atoms. The second-order valence-electron chi connectivity index (χ2n) is 11.3. The molecule has 0 spiro atoms. The lowest BCUT2D eigenvalue weighted by Gasteiger charge is -2.35. The molecule has 1 aliphatic heterocycles. The van der Waals surface area contributed by atoms with E-state index in [1.165, 1.54) is 18.3 Å². The van der Waals surface area contributed by atoms with E-state index in [0.29, 0.717) is 37.1 Å². The fourth-order valence-corrected chi connectivity index (χ4v) is 6.88. The third-order valence-electron chi connectivity index (χ3n) is 8.25. The fraction of sp³-hybridized carbons (Fsp3) is 0.586. The van der Waals surface area contributed by atoms with Crippen LogP contribution in [0.2, 0.25) is 0 Å². The maximum absolute atomic E-state index is 13.1. The van der Waals surface area contributed by atoms with Crippen molar-refractivity contribution in [3.05, 3.63) is 58.9 Å². The smallest absolute Gasteiger partial charge is 0.391 e. The van der Waals surface area contributed by atoms with Gasteiger partial charge in [0.25, 0.3) is 5.91 Å². The molecule has 1 amide bonds. The van der Waals surface area contributed by atoms with Gasteiger partial charge in [0, 0.05) is 19.3 Å². The summed E-state index contributed by atoms with van der Waals surface area (Å²) in [6.45, 7) is 6.65. The Morgan fingerprint density at radius 3 is 2.35 bits per heavy atom. The van der Waals surface area contributed by atoms with Crippen molar-refractivity contribution in [2.45, 2.75) is 76.2 Å². The molecule has 1 fully saturated rings. The number of hydrogen-bond acceptors (Lipinski definition) is 6. The van der Waals surface area contributed by atoms with E-state index in [4.69, 9.17) is 0 Å². The maximum atomic E-state index is 13.1. The van der Waals surface area contributed by atoms with Crippen molar-refractivity contribution >= 4 is 15.7 Å². The Bertz CT molecular complexity index is 1290. The van der Waals surface area contributed by atoms with Crippen LogP contribution in [0.4, 0.5) is 13.2 Å². The summed E-state index contributed by atoms with van der Waals surface area (Å²) in [6.07, 6.45) is -1.15. The molecule has 2 aromatic rings. The summed E-state index contributed by atoms with van der Waals surface area (Å²) < 4.78 is 63.5. The lowest BCUT2D eigenvalue weighted by atomic mass is 9.81. The van der Waals surface area contributed by atoms with Crippen molar-refractivity contribution in [3.8, 4) is 0 Å². The Kier molecular flexibility index (Phi) is 9.26. The number of fused-ring (bicyclic) bond motifs is 1. The van der Waals surface area contributed by atoms with Gasteiger partial charge in [-0.1, -0.05) is 32.9 Å². The first kappa shape index (κ1) is 30.5. The zero-order valence-electron chi connectivity index (χ0n) is 23.1. The van der Waals surface area contributed by atoms with E-state index >= 15 is 0 Å². The van der Waals surface area contributed by atoms with Gasteiger partial charge in [-0.05, 0) is 66.8 Å². The molecule has 2 N–H and O–H groups in total. The molecule has 0 radical (unpaired) electrons. The first-order valence-electron chi connectivity index (χ1n) is 13.9. The number of halogens is 3. The highest BCUT2D eigenvalue weighted by molar-refractivity contribution is 7.91. The molecule has 1 aromatic carbocycles. The Balaban J connectivity index is 1.44. The molecule has 0 unspecified atom stereocenters. The lowest BCUT2D eigenvalue weighted by molar-refractivity contribution is -0.184. The molecule has 4 rings (SSSR count). The van der Waals surface area contributed by atoms with Crippen LogP contribution in [0.3, 0.4) is 0 Å². The zero-order valence-corrected chi connectivity index (χ0v) is 23.9. The van der Waals surface area contributed by atoms with E-state index in [2.05, 4.69) is 29.0 Å². The van der Waals surface area contributed by atoms with Gasteiger partial charge in [0.15, 0.2) is 9.84 Å². The molecule has 0 bridgehead atoms. The first-order valence-corrected chi connectivity index (χ1v) is 15.5. The van der Waals surface area contributed by atoms with Crippen molar-refractivity contribution in [1.82, 2.24) is 15.2 Å². The minimum atomic E-state index is -4.12. The normalized spacial score (nSPS) is 22.8. The highest BCUT2D eigenvalue weighted by atomic mass is 32.2. The Labute approximate surface area is 234 Å². The average Bonchev–Trinajstić information content (AvgIpc) is 3.28. The molecule has 0 saturated heterocycles.